The molecule has 13 heteroatoms. The molecule has 0 aromatic heterocycles. The van der Waals surface area contributed by atoms with Gasteiger partial charge in [0.1, 0.15) is 24.0 Å². The van der Waals surface area contributed by atoms with Gasteiger partial charge >= 0.3 is 5.97 Å². The lowest BCUT2D eigenvalue weighted by molar-refractivity contribution is -0.156. The lowest BCUT2D eigenvalue weighted by Crippen LogP contribution is -2.52. The van der Waals surface area contributed by atoms with Gasteiger partial charge in [-0.1, -0.05) is 30.3 Å². The van der Waals surface area contributed by atoms with E-state index in [1.54, 1.807) is 17.0 Å². The Kier molecular flexibility index (Phi) is 14.0. The number of carbonyl (C=O) groups excluding carboxylic acids is 4. The standard InChI is InChI=1S/C38H52N4O9/c1-38(2,3)51-35(44)13-19-47-21-23-49-24-22-48-20-18-40-14-16-41(17-15-40)25-28-7-9-29(10-8-28)27-50-33-6-4-5-30-31(33)26-42(37(30)46)32-11-12-34(43)39-36(32)45/h4-10,32H,11-27H2,1-3H3,(H,39,43,45)/t32-/m0/s1. The van der Waals surface area contributed by atoms with Crippen LogP contribution in [0.25, 0.3) is 0 Å². The number of benzene rings is 2. The lowest BCUT2D eigenvalue weighted by Gasteiger charge is -2.34. The van der Waals surface area contributed by atoms with Gasteiger partial charge in [0.2, 0.25) is 11.8 Å². The minimum Gasteiger partial charge on any atom is -0.489 e. The van der Waals surface area contributed by atoms with E-state index in [0.29, 0.717) is 64.0 Å². The zero-order valence-electron chi connectivity index (χ0n) is 30.2. The van der Waals surface area contributed by atoms with Crippen LogP contribution in [-0.2, 0) is 53.0 Å². The van der Waals surface area contributed by atoms with Gasteiger partial charge < -0.3 is 28.6 Å². The molecule has 1 atom stereocenters. The van der Waals surface area contributed by atoms with Crippen molar-refractivity contribution in [2.24, 2.45) is 0 Å². The first-order chi connectivity index (χ1) is 24.6. The first kappa shape index (κ1) is 38.4. The van der Waals surface area contributed by atoms with Gasteiger partial charge in [-0.25, -0.2) is 0 Å². The van der Waals surface area contributed by atoms with Gasteiger partial charge in [0.05, 0.1) is 52.6 Å². The Morgan fingerprint density at radius 3 is 2.16 bits per heavy atom. The van der Waals surface area contributed by atoms with Gasteiger partial charge in [0.15, 0.2) is 0 Å². The predicted octanol–water partition coefficient (Wildman–Crippen LogP) is 2.93. The molecule has 0 saturated carbocycles. The van der Waals surface area contributed by atoms with Gasteiger partial charge in [-0.2, -0.15) is 0 Å². The van der Waals surface area contributed by atoms with Gasteiger partial charge in [-0.3, -0.25) is 34.3 Å². The maximum Gasteiger partial charge on any atom is 0.308 e. The molecule has 1 N–H and O–H groups in total. The van der Waals surface area contributed by atoms with Crippen LogP contribution in [0.1, 0.15) is 67.1 Å². The molecule has 3 aliphatic heterocycles. The Morgan fingerprint density at radius 1 is 0.824 bits per heavy atom. The summed E-state index contributed by atoms with van der Waals surface area (Å²) in [6.07, 6.45) is 0.787. The summed E-state index contributed by atoms with van der Waals surface area (Å²) in [7, 11) is 0. The topological polar surface area (TPSA) is 136 Å². The Labute approximate surface area is 300 Å². The fourth-order valence-corrected chi connectivity index (χ4v) is 6.31. The number of hydrogen-bond acceptors (Lipinski definition) is 11. The fraction of sp³-hybridized carbons (Fsp3) is 0.579. The first-order valence-corrected chi connectivity index (χ1v) is 17.9. The van der Waals surface area contributed by atoms with E-state index >= 15 is 0 Å². The molecule has 0 unspecified atom stereocenters. The number of nitrogens with one attached hydrogen (secondary N) is 1. The number of hydrogen-bond donors (Lipinski definition) is 1. The highest BCUT2D eigenvalue weighted by molar-refractivity contribution is 6.05. The van der Waals surface area contributed by atoms with Crippen molar-refractivity contribution < 1.29 is 42.9 Å². The van der Waals surface area contributed by atoms with E-state index in [2.05, 4.69) is 39.4 Å². The van der Waals surface area contributed by atoms with Gasteiger partial charge in [-0.05, 0) is 50.5 Å². The molecule has 2 aromatic rings. The zero-order valence-corrected chi connectivity index (χ0v) is 30.2. The van der Waals surface area contributed by atoms with Crippen molar-refractivity contribution in [1.29, 1.82) is 0 Å². The molecule has 0 bridgehead atoms. The van der Waals surface area contributed by atoms with E-state index in [0.717, 1.165) is 50.4 Å². The maximum atomic E-state index is 13.1. The van der Waals surface area contributed by atoms with Gasteiger partial charge in [-0.15, -0.1) is 0 Å². The number of esters is 1. The summed E-state index contributed by atoms with van der Waals surface area (Å²) < 4.78 is 28.2. The van der Waals surface area contributed by atoms with Crippen LogP contribution >= 0.6 is 0 Å². The van der Waals surface area contributed by atoms with Crippen molar-refractivity contribution in [2.75, 3.05) is 72.4 Å². The molecule has 2 saturated heterocycles. The third-order valence-electron chi connectivity index (χ3n) is 8.99. The fourth-order valence-electron chi connectivity index (χ4n) is 6.31. The SMILES string of the molecule is CC(C)(C)OC(=O)CCOCCOCCOCCN1CCN(Cc2ccc(COc3cccc4c3CN([C@H]3CCC(=O)NC3=O)C4=O)cc2)CC1. The minimum absolute atomic E-state index is 0.210. The third-order valence-corrected chi connectivity index (χ3v) is 8.99. The molecule has 2 aromatic carbocycles. The van der Waals surface area contributed by atoms with Crippen LogP contribution in [0.4, 0.5) is 0 Å². The van der Waals surface area contributed by atoms with Crippen LogP contribution in [0.2, 0.25) is 0 Å². The van der Waals surface area contributed by atoms with Crippen molar-refractivity contribution in [3.8, 4) is 5.75 Å². The third kappa shape index (κ3) is 11.8. The molecule has 3 aliphatic rings. The molecule has 13 nitrogen and oxygen atoms in total. The number of ether oxygens (including phenoxy) is 5. The largest absolute Gasteiger partial charge is 0.489 e. The minimum atomic E-state index is -0.653. The van der Waals surface area contributed by atoms with Crippen molar-refractivity contribution >= 4 is 23.7 Å². The van der Waals surface area contributed by atoms with Gasteiger partial charge in [0.25, 0.3) is 5.91 Å². The molecule has 51 heavy (non-hydrogen) atoms. The normalized spacial score (nSPS) is 18.5. The van der Waals surface area contributed by atoms with Crippen LogP contribution in [0.15, 0.2) is 42.5 Å². The second kappa shape index (κ2) is 18.6. The summed E-state index contributed by atoms with van der Waals surface area (Å²) in [5.41, 5.74) is 3.11. The molecule has 278 valence electrons. The monoisotopic (exact) mass is 708 g/mol. The summed E-state index contributed by atoms with van der Waals surface area (Å²) in [6.45, 7) is 14.9. The summed E-state index contributed by atoms with van der Waals surface area (Å²) in [5, 5.41) is 2.34. The van der Waals surface area contributed by atoms with E-state index < -0.39 is 17.6 Å². The van der Waals surface area contributed by atoms with Crippen LogP contribution in [0.3, 0.4) is 0 Å². The highest BCUT2D eigenvalue weighted by Crippen LogP contribution is 2.34. The van der Waals surface area contributed by atoms with Gasteiger partial charge in [0, 0.05) is 56.8 Å². The van der Waals surface area contributed by atoms with Crippen LogP contribution in [-0.4, -0.2) is 122 Å². The van der Waals surface area contributed by atoms with E-state index in [1.165, 1.54) is 5.56 Å². The average molecular weight is 709 g/mol. The summed E-state index contributed by atoms with van der Waals surface area (Å²) >= 11 is 0. The first-order valence-electron chi connectivity index (χ1n) is 17.9. The predicted molar refractivity (Wildman–Crippen MR) is 188 cm³/mol. The maximum absolute atomic E-state index is 13.1. The molecule has 5 rings (SSSR count). The number of fused-ring (bicyclic) bond motifs is 1. The molecular formula is C38H52N4O9. The van der Waals surface area contributed by atoms with Crippen molar-refractivity contribution in [2.45, 2.75) is 71.4 Å². The highest BCUT2D eigenvalue weighted by atomic mass is 16.6. The Morgan fingerprint density at radius 2 is 1.47 bits per heavy atom. The van der Waals surface area contributed by atoms with E-state index in [-0.39, 0.29) is 37.2 Å². The van der Waals surface area contributed by atoms with Crippen LogP contribution in [0, 0.1) is 0 Å². The second-order valence-electron chi connectivity index (χ2n) is 14.1. The molecule has 3 amide bonds. The highest BCUT2D eigenvalue weighted by Gasteiger charge is 2.40. The number of amides is 3. The van der Waals surface area contributed by atoms with Crippen molar-refractivity contribution in [1.82, 2.24) is 20.0 Å². The average Bonchev–Trinajstić information content (AvgIpc) is 3.43. The number of piperidine rings is 1. The Balaban J connectivity index is 0.918. The van der Waals surface area contributed by atoms with Crippen molar-refractivity contribution in [3.05, 3.63) is 64.7 Å². The summed E-state index contributed by atoms with van der Waals surface area (Å²) in [5.74, 6) is -0.560. The Hall–Kier alpha value is -3.88. The number of carbonyl (C=O) groups is 4. The number of imide groups is 1. The zero-order chi connectivity index (χ0) is 36.2. The van der Waals surface area contributed by atoms with E-state index in [1.807, 2.05) is 26.8 Å². The number of piperazine rings is 1. The van der Waals surface area contributed by atoms with E-state index in [4.69, 9.17) is 23.7 Å². The van der Waals surface area contributed by atoms with Crippen molar-refractivity contribution in [3.63, 3.8) is 0 Å². The van der Waals surface area contributed by atoms with E-state index in [9.17, 15) is 19.2 Å². The Bertz CT molecular complexity index is 1490. The van der Waals surface area contributed by atoms with Crippen LogP contribution < -0.4 is 10.1 Å². The van der Waals surface area contributed by atoms with Crippen LogP contribution in [0.5, 0.6) is 5.75 Å². The molecule has 0 spiro atoms. The number of nitrogens with zero attached hydrogens (tertiary/aromatic N) is 3. The molecule has 0 radical (unpaired) electrons. The summed E-state index contributed by atoms with van der Waals surface area (Å²) in [4.78, 5) is 55.2. The lowest BCUT2D eigenvalue weighted by atomic mass is 10.0. The molecule has 0 aliphatic carbocycles. The number of rotatable bonds is 18. The quantitative estimate of drug-likeness (QED) is 0.139. The molecule has 2 fully saturated rings. The second-order valence-corrected chi connectivity index (χ2v) is 14.1. The molecule has 3 heterocycles. The summed E-state index contributed by atoms with van der Waals surface area (Å²) in [6, 6.07) is 13.2. The molecular weight excluding hydrogens is 656 g/mol. The smallest absolute Gasteiger partial charge is 0.308 e.